The maximum absolute atomic E-state index is 11.2. The van der Waals surface area contributed by atoms with Crippen molar-refractivity contribution in [3.8, 4) is 0 Å². The maximum Gasteiger partial charge on any atom is 0.232 e. The van der Waals surface area contributed by atoms with Crippen molar-refractivity contribution in [3.63, 3.8) is 0 Å². The van der Waals surface area contributed by atoms with Gasteiger partial charge in [-0.25, -0.2) is 0 Å². The van der Waals surface area contributed by atoms with Crippen LogP contribution in [0.3, 0.4) is 0 Å². The van der Waals surface area contributed by atoms with E-state index >= 15 is 0 Å². The van der Waals surface area contributed by atoms with Gasteiger partial charge in [-0.1, -0.05) is 13.8 Å². The summed E-state index contributed by atoms with van der Waals surface area (Å²) in [6, 6.07) is 0. The predicted octanol–water partition coefficient (Wildman–Crippen LogP) is -0.110. The van der Waals surface area contributed by atoms with Crippen LogP contribution in [-0.4, -0.2) is 39.9 Å². The molecular formula is C9H19NO3S. The Labute approximate surface area is 87.5 Å². The topological polar surface area (TPSA) is 66.4 Å². The average Bonchev–Trinajstić information content (AvgIpc) is 2.11. The first-order valence-corrected chi connectivity index (χ1v) is 6.27. The summed E-state index contributed by atoms with van der Waals surface area (Å²) in [7, 11) is -1.14. The fourth-order valence-corrected chi connectivity index (χ4v) is 1.80. The van der Waals surface area contributed by atoms with Crippen LogP contribution < -0.4 is 5.32 Å². The van der Waals surface area contributed by atoms with Crippen LogP contribution >= 0.6 is 0 Å². The van der Waals surface area contributed by atoms with Gasteiger partial charge in [0.15, 0.2) is 0 Å². The van der Waals surface area contributed by atoms with E-state index in [1.54, 1.807) is 0 Å². The van der Waals surface area contributed by atoms with E-state index in [9.17, 15) is 9.00 Å². The molecule has 2 N–H and O–H groups in total. The molecule has 0 bridgehead atoms. The molecule has 0 aliphatic rings. The highest BCUT2D eigenvalue weighted by Crippen LogP contribution is 1.90. The minimum Gasteiger partial charge on any atom is -0.396 e. The molecule has 0 fully saturated rings. The molecule has 1 amide bonds. The van der Waals surface area contributed by atoms with Crippen LogP contribution in [0.5, 0.6) is 0 Å². The zero-order valence-corrected chi connectivity index (χ0v) is 9.60. The number of hydrogen-bond acceptors (Lipinski definition) is 3. The van der Waals surface area contributed by atoms with E-state index in [0.29, 0.717) is 24.6 Å². The molecule has 0 saturated heterocycles. The number of amides is 1. The fourth-order valence-electron chi connectivity index (χ4n) is 0.813. The van der Waals surface area contributed by atoms with E-state index in [0.717, 1.165) is 0 Å². The van der Waals surface area contributed by atoms with Gasteiger partial charge in [-0.05, 0) is 12.3 Å². The quantitative estimate of drug-likeness (QED) is 0.630. The summed E-state index contributed by atoms with van der Waals surface area (Å²) in [5, 5.41) is 11.2. The molecule has 84 valence electrons. The van der Waals surface area contributed by atoms with E-state index in [4.69, 9.17) is 5.11 Å². The second kappa shape index (κ2) is 7.94. The number of aliphatic hydroxyl groups is 1. The van der Waals surface area contributed by atoms with Crippen molar-refractivity contribution in [1.82, 2.24) is 5.32 Å². The van der Waals surface area contributed by atoms with Gasteiger partial charge < -0.3 is 10.4 Å². The first-order chi connectivity index (χ1) is 6.56. The molecule has 5 heteroatoms. The summed E-state index contributed by atoms with van der Waals surface area (Å²) in [5.41, 5.74) is 0. The summed E-state index contributed by atoms with van der Waals surface area (Å²) in [6.07, 6.45) is 0.490. The van der Waals surface area contributed by atoms with Crippen LogP contribution in [0.1, 0.15) is 20.3 Å². The summed E-state index contributed by atoms with van der Waals surface area (Å²) in [4.78, 5) is 11.2. The lowest BCUT2D eigenvalue weighted by Crippen LogP contribution is -2.31. The summed E-state index contributed by atoms with van der Waals surface area (Å²) < 4.78 is 11.2. The molecule has 14 heavy (non-hydrogen) atoms. The van der Waals surface area contributed by atoms with E-state index in [1.165, 1.54) is 0 Å². The van der Waals surface area contributed by atoms with Crippen molar-refractivity contribution in [2.45, 2.75) is 20.3 Å². The SMILES string of the molecule is CC(C)CNC(=O)CS(=O)CCCO. The maximum atomic E-state index is 11.2. The molecule has 0 aliphatic carbocycles. The number of aliphatic hydroxyl groups excluding tert-OH is 1. The molecule has 0 rings (SSSR count). The Morgan fingerprint density at radius 1 is 1.50 bits per heavy atom. The van der Waals surface area contributed by atoms with Crippen LogP contribution in [0.4, 0.5) is 0 Å². The molecule has 1 unspecified atom stereocenters. The van der Waals surface area contributed by atoms with Gasteiger partial charge in [0, 0.05) is 29.7 Å². The highest BCUT2D eigenvalue weighted by atomic mass is 32.2. The standard InChI is InChI=1S/C9H19NO3S/c1-8(2)6-10-9(12)7-14(13)5-3-4-11/h8,11H,3-7H2,1-2H3,(H,10,12). The highest BCUT2D eigenvalue weighted by molar-refractivity contribution is 7.85. The molecule has 0 aromatic carbocycles. The predicted molar refractivity (Wildman–Crippen MR) is 57.4 cm³/mol. The zero-order chi connectivity index (χ0) is 11.0. The molecule has 0 aromatic rings. The molecule has 0 radical (unpaired) electrons. The molecule has 0 spiro atoms. The third kappa shape index (κ3) is 8.19. The van der Waals surface area contributed by atoms with Gasteiger partial charge >= 0.3 is 0 Å². The third-order valence-corrected chi connectivity index (χ3v) is 2.86. The minimum atomic E-state index is -1.14. The van der Waals surface area contributed by atoms with Crippen LogP contribution in [0.25, 0.3) is 0 Å². The van der Waals surface area contributed by atoms with Gasteiger partial charge in [0.05, 0.1) is 0 Å². The Balaban J connectivity index is 3.55. The van der Waals surface area contributed by atoms with Gasteiger partial charge in [0.25, 0.3) is 0 Å². The van der Waals surface area contributed by atoms with Gasteiger partial charge in [-0.2, -0.15) is 0 Å². The first kappa shape index (κ1) is 13.6. The number of nitrogens with one attached hydrogen (secondary N) is 1. The smallest absolute Gasteiger partial charge is 0.232 e. The van der Waals surface area contributed by atoms with E-state index in [1.807, 2.05) is 13.8 Å². The summed E-state index contributed by atoms with van der Waals surface area (Å²) >= 11 is 0. The third-order valence-electron chi connectivity index (χ3n) is 1.53. The zero-order valence-electron chi connectivity index (χ0n) is 8.78. The van der Waals surface area contributed by atoms with Crippen LogP contribution in [0.2, 0.25) is 0 Å². The lowest BCUT2D eigenvalue weighted by molar-refractivity contribution is -0.118. The van der Waals surface area contributed by atoms with Gasteiger partial charge in [0.1, 0.15) is 5.75 Å². The van der Waals surface area contributed by atoms with Crippen molar-refractivity contribution >= 4 is 16.7 Å². The Morgan fingerprint density at radius 2 is 2.14 bits per heavy atom. The van der Waals surface area contributed by atoms with E-state index in [2.05, 4.69) is 5.32 Å². The number of carbonyl (C=O) groups is 1. The molecule has 0 saturated carbocycles. The van der Waals surface area contributed by atoms with Crippen molar-refractivity contribution in [1.29, 1.82) is 0 Å². The fraction of sp³-hybridized carbons (Fsp3) is 0.889. The lowest BCUT2D eigenvalue weighted by Gasteiger charge is -2.06. The largest absolute Gasteiger partial charge is 0.396 e. The van der Waals surface area contributed by atoms with Gasteiger partial charge in [-0.3, -0.25) is 9.00 Å². The molecule has 4 nitrogen and oxygen atoms in total. The Morgan fingerprint density at radius 3 is 2.64 bits per heavy atom. The van der Waals surface area contributed by atoms with Crippen molar-refractivity contribution in [2.24, 2.45) is 5.92 Å². The van der Waals surface area contributed by atoms with Crippen molar-refractivity contribution in [3.05, 3.63) is 0 Å². The highest BCUT2D eigenvalue weighted by Gasteiger charge is 2.07. The van der Waals surface area contributed by atoms with Crippen LogP contribution in [0.15, 0.2) is 0 Å². The molecule has 0 aliphatic heterocycles. The number of carbonyl (C=O) groups excluding carboxylic acids is 1. The van der Waals surface area contributed by atoms with Crippen LogP contribution in [-0.2, 0) is 15.6 Å². The Bertz CT molecular complexity index is 194. The summed E-state index contributed by atoms with van der Waals surface area (Å²) in [5.74, 6) is 0.679. The Kier molecular flexibility index (Phi) is 7.70. The first-order valence-electron chi connectivity index (χ1n) is 4.78. The molecular weight excluding hydrogens is 202 g/mol. The second-order valence-electron chi connectivity index (χ2n) is 3.56. The molecule has 0 heterocycles. The monoisotopic (exact) mass is 221 g/mol. The van der Waals surface area contributed by atoms with Crippen molar-refractivity contribution < 1.29 is 14.1 Å². The number of hydrogen-bond donors (Lipinski definition) is 2. The van der Waals surface area contributed by atoms with E-state index in [-0.39, 0.29) is 18.3 Å². The van der Waals surface area contributed by atoms with E-state index < -0.39 is 10.8 Å². The molecule has 1 atom stereocenters. The Hall–Kier alpha value is -0.420. The lowest BCUT2D eigenvalue weighted by atomic mass is 10.2. The molecule has 0 aromatic heterocycles. The minimum absolute atomic E-state index is 0.0271. The number of rotatable bonds is 7. The normalized spacial score (nSPS) is 12.9. The van der Waals surface area contributed by atoms with Gasteiger partial charge in [0.2, 0.25) is 5.91 Å². The average molecular weight is 221 g/mol. The summed E-state index contributed by atoms with van der Waals surface area (Å²) in [6.45, 7) is 4.65. The van der Waals surface area contributed by atoms with Gasteiger partial charge in [-0.15, -0.1) is 0 Å². The second-order valence-corrected chi connectivity index (χ2v) is 5.14. The van der Waals surface area contributed by atoms with Crippen LogP contribution in [0, 0.1) is 5.92 Å². The van der Waals surface area contributed by atoms with Crippen molar-refractivity contribution in [2.75, 3.05) is 24.7 Å².